The maximum absolute atomic E-state index is 13.8. The number of benzene rings is 3. The van der Waals surface area contributed by atoms with Gasteiger partial charge in [0.25, 0.3) is 5.91 Å². The fraction of sp³-hybridized carbons (Fsp3) is 0.0741. The summed E-state index contributed by atoms with van der Waals surface area (Å²) in [6, 6.07) is 20.1. The van der Waals surface area contributed by atoms with Crippen LogP contribution in [0.15, 0.2) is 92.7 Å². The van der Waals surface area contributed by atoms with Crippen LogP contribution in [-0.2, 0) is 4.79 Å². The van der Waals surface area contributed by atoms with Crippen molar-refractivity contribution in [3.05, 3.63) is 116 Å². The number of aliphatic imine (C=N–C) groups is 1. The van der Waals surface area contributed by atoms with Crippen molar-refractivity contribution >= 4 is 51.3 Å². The van der Waals surface area contributed by atoms with E-state index in [9.17, 15) is 20.0 Å². The third-order valence-corrected chi connectivity index (χ3v) is 6.24. The van der Waals surface area contributed by atoms with E-state index >= 15 is 0 Å². The van der Waals surface area contributed by atoms with Crippen LogP contribution in [0.25, 0.3) is 16.5 Å². The number of halogens is 1. The first kappa shape index (κ1) is 23.5. The second-order valence-electron chi connectivity index (χ2n) is 8.31. The van der Waals surface area contributed by atoms with Gasteiger partial charge in [-0.3, -0.25) is 14.9 Å². The van der Waals surface area contributed by atoms with Gasteiger partial charge in [0.15, 0.2) is 0 Å². The second kappa shape index (κ2) is 9.09. The van der Waals surface area contributed by atoms with Gasteiger partial charge < -0.3 is 14.9 Å². The summed E-state index contributed by atoms with van der Waals surface area (Å²) < 4.78 is 5.46. The van der Waals surface area contributed by atoms with Gasteiger partial charge in [-0.15, -0.1) is 0 Å². The van der Waals surface area contributed by atoms with Gasteiger partial charge in [-0.2, -0.15) is 0 Å². The fourth-order valence-electron chi connectivity index (χ4n) is 4.09. The van der Waals surface area contributed by atoms with Crippen LogP contribution in [0.2, 0.25) is 5.02 Å². The zero-order valence-electron chi connectivity index (χ0n) is 19.2. The van der Waals surface area contributed by atoms with Gasteiger partial charge in [0.05, 0.1) is 22.0 Å². The Hall–Kier alpha value is -4.24. The number of amidine groups is 1. The molecule has 2 heterocycles. The average Bonchev–Trinajstić information content (AvgIpc) is 3.20. The monoisotopic (exact) mass is 500 g/mol. The Labute approximate surface area is 210 Å². The van der Waals surface area contributed by atoms with Gasteiger partial charge in [0.1, 0.15) is 17.1 Å². The van der Waals surface area contributed by atoms with Gasteiger partial charge in [-0.05, 0) is 67.4 Å². The number of nitrogens with zero attached hydrogens (tertiary/aromatic N) is 3. The van der Waals surface area contributed by atoms with Crippen molar-refractivity contribution < 1.29 is 14.4 Å². The molecule has 180 valence electrons. The molecule has 0 radical (unpaired) electrons. The van der Waals surface area contributed by atoms with Crippen molar-refractivity contribution in [1.29, 1.82) is 0 Å². The van der Waals surface area contributed by atoms with Crippen LogP contribution in [0.1, 0.15) is 23.6 Å². The summed E-state index contributed by atoms with van der Waals surface area (Å²) in [4.78, 5) is 32.5. The lowest BCUT2D eigenvalue weighted by Gasteiger charge is -2.24. The quantitative estimate of drug-likeness (QED) is 0.219. The van der Waals surface area contributed by atoms with Crippen LogP contribution in [0.5, 0.6) is 0 Å². The molecule has 0 spiro atoms. The van der Waals surface area contributed by atoms with Gasteiger partial charge in [0, 0.05) is 10.9 Å². The first-order chi connectivity index (χ1) is 17.2. The minimum Gasteiger partial charge on any atom is -0.733 e. The Morgan fingerprint density at radius 1 is 1.06 bits per heavy atom. The number of allylic oxidation sites excluding steroid dienone is 1. The van der Waals surface area contributed by atoms with Crippen molar-refractivity contribution in [2.45, 2.75) is 13.8 Å². The molecule has 1 amide bonds. The van der Waals surface area contributed by atoms with Crippen LogP contribution in [0, 0.1) is 12.1 Å². The molecule has 0 aliphatic carbocycles. The summed E-state index contributed by atoms with van der Waals surface area (Å²) in [6.45, 7) is 3.51. The van der Waals surface area contributed by atoms with Crippen molar-refractivity contribution in [3.63, 3.8) is 0 Å². The summed E-state index contributed by atoms with van der Waals surface area (Å²) in [7, 11) is 0. The van der Waals surface area contributed by atoms with E-state index in [2.05, 4.69) is 4.99 Å². The number of anilines is 2. The number of fused-ring (bicyclic) bond motifs is 1. The topological polar surface area (TPSA) is 109 Å². The summed E-state index contributed by atoms with van der Waals surface area (Å²) in [6.07, 6.45) is 0. The van der Waals surface area contributed by atoms with Crippen molar-refractivity contribution in [2.75, 3.05) is 10.1 Å². The lowest BCUT2D eigenvalue weighted by atomic mass is 10.1. The number of aryl methyl sites for hydroxylation is 1. The molecule has 0 atom stereocenters. The maximum atomic E-state index is 13.8. The Morgan fingerprint density at radius 2 is 1.83 bits per heavy atom. The SMILES string of the molecule is C/C(=C1\N=C(c2cc(N([O-])O)ccc2Cl)N(c2cccc(C)c2)C1=O)c1cc2ccccc2oc1=O. The number of rotatable bonds is 4. The first-order valence-corrected chi connectivity index (χ1v) is 11.3. The van der Waals surface area contributed by atoms with E-state index in [4.69, 9.17) is 16.0 Å². The summed E-state index contributed by atoms with van der Waals surface area (Å²) >= 11 is 6.45. The highest BCUT2D eigenvalue weighted by Gasteiger charge is 2.35. The van der Waals surface area contributed by atoms with Gasteiger partial charge >= 0.3 is 5.63 Å². The lowest BCUT2D eigenvalue weighted by Crippen LogP contribution is -2.33. The number of carbonyl (C=O) groups excluding carboxylic acids is 1. The number of hydrogen-bond donors (Lipinski definition) is 1. The Morgan fingerprint density at radius 3 is 2.58 bits per heavy atom. The predicted molar refractivity (Wildman–Crippen MR) is 139 cm³/mol. The van der Waals surface area contributed by atoms with E-state index in [0.717, 1.165) is 5.56 Å². The fourth-order valence-corrected chi connectivity index (χ4v) is 4.29. The van der Waals surface area contributed by atoms with Crippen molar-refractivity contribution in [2.24, 2.45) is 4.99 Å². The Bertz CT molecular complexity index is 1660. The maximum Gasteiger partial charge on any atom is 0.343 e. The number of carbonyl (C=O) groups is 1. The summed E-state index contributed by atoms with van der Waals surface area (Å²) in [5.74, 6) is -0.330. The van der Waals surface area contributed by atoms with E-state index in [-0.39, 0.29) is 38.6 Å². The molecular formula is C27H19ClN3O5-. The van der Waals surface area contributed by atoms with Gasteiger partial charge in [-0.25, -0.2) is 9.79 Å². The largest absolute Gasteiger partial charge is 0.733 e. The minimum absolute atomic E-state index is 0.0264. The number of amides is 1. The molecule has 0 unspecified atom stereocenters. The van der Waals surface area contributed by atoms with E-state index in [0.29, 0.717) is 22.2 Å². The van der Waals surface area contributed by atoms with Crippen molar-refractivity contribution in [1.82, 2.24) is 0 Å². The van der Waals surface area contributed by atoms with E-state index in [1.807, 2.05) is 19.1 Å². The highest BCUT2D eigenvalue weighted by atomic mass is 35.5. The van der Waals surface area contributed by atoms with Crippen LogP contribution in [0.4, 0.5) is 11.4 Å². The van der Waals surface area contributed by atoms with Crippen LogP contribution in [-0.4, -0.2) is 17.0 Å². The first-order valence-electron chi connectivity index (χ1n) is 10.9. The molecule has 4 aromatic rings. The summed E-state index contributed by atoms with van der Waals surface area (Å²) in [5.41, 5.74) is 1.99. The van der Waals surface area contributed by atoms with Crippen LogP contribution >= 0.6 is 11.6 Å². The minimum atomic E-state index is -0.598. The standard InChI is InChI=1S/C27H19ClN3O5/c1-15-6-5-8-18(12-15)30-25(21-14-19(31(34)35)10-11-22(21)28)29-24(26(30)32)16(2)20-13-17-7-3-4-9-23(17)36-27(20)33/h3-14,34H,1-2H3/q-1/b24-16+. The number of hydrogen-bond acceptors (Lipinski definition) is 7. The molecule has 1 aliphatic rings. The van der Waals surface area contributed by atoms with E-state index in [1.165, 1.54) is 23.1 Å². The molecule has 1 N–H and O–H groups in total. The molecule has 9 heteroatoms. The van der Waals surface area contributed by atoms with Crippen LogP contribution in [0.3, 0.4) is 0 Å². The Kier molecular flexibility index (Phi) is 5.93. The molecule has 0 saturated heterocycles. The van der Waals surface area contributed by atoms with E-state index in [1.54, 1.807) is 49.4 Å². The number of para-hydroxylation sites is 1. The predicted octanol–water partition coefficient (Wildman–Crippen LogP) is 5.67. The smallest absolute Gasteiger partial charge is 0.343 e. The molecule has 0 fully saturated rings. The molecule has 3 aromatic carbocycles. The van der Waals surface area contributed by atoms with Crippen molar-refractivity contribution in [3.8, 4) is 0 Å². The van der Waals surface area contributed by atoms with Gasteiger partial charge in [0.2, 0.25) is 0 Å². The highest BCUT2D eigenvalue weighted by molar-refractivity contribution is 6.40. The van der Waals surface area contributed by atoms with E-state index < -0.39 is 11.5 Å². The third-order valence-electron chi connectivity index (χ3n) is 5.91. The van der Waals surface area contributed by atoms with Crippen LogP contribution < -0.4 is 15.8 Å². The molecule has 0 bridgehead atoms. The third kappa shape index (κ3) is 4.07. The normalized spacial score (nSPS) is 14.9. The van der Waals surface area contributed by atoms with Gasteiger partial charge in [-0.1, -0.05) is 41.9 Å². The lowest BCUT2D eigenvalue weighted by molar-refractivity contribution is -0.113. The average molecular weight is 501 g/mol. The molecule has 0 saturated carbocycles. The Balaban J connectivity index is 1.75. The zero-order chi connectivity index (χ0) is 25.6. The molecule has 36 heavy (non-hydrogen) atoms. The zero-order valence-corrected chi connectivity index (χ0v) is 20.0. The molecule has 1 aliphatic heterocycles. The second-order valence-corrected chi connectivity index (χ2v) is 8.72. The molecule has 1 aromatic heterocycles. The highest BCUT2D eigenvalue weighted by Crippen LogP contribution is 2.34. The summed E-state index contributed by atoms with van der Waals surface area (Å²) in [5, 5.41) is 21.6. The molecule has 5 rings (SSSR count). The molecule has 8 nitrogen and oxygen atoms in total. The molecular weight excluding hydrogens is 482 g/mol.